The van der Waals surface area contributed by atoms with Crippen LogP contribution in [0.1, 0.15) is 21.5 Å². The van der Waals surface area contributed by atoms with Crippen molar-refractivity contribution < 1.29 is 4.79 Å². The summed E-state index contributed by atoms with van der Waals surface area (Å²) < 4.78 is 0.860. The topological polar surface area (TPSA) is 45.8 Å². The van der Waals surface area contributed by atoms with Gasteiger partial charge in [0.15, 0.2) is 5.78 Å². The van der Waals surface area contributed by atoms with Crippen molar-refractivity contribution in [3.63, 3.8) is 0 Å². The molecule has 0 atom stereocenters. The largest absolute Gasteiger partial charge is 0.345 e. The van der Waals surface area contributed by atoms with E-state index in [4.69, 9.17) is 0 Å². The number of carbonyl (C=O) groups is 1. The first kappa shape index (κ1) is 12.1. The number of aryl methyl sites for hydroxylation is 1. The predicted molar refractivity (Wildman–Crippen MR) is 78.4 cm³/mol. The van der Waals surface area contributed by atoms with Crippen LogP contribution in [0, 0.1) is 6.92 Å². The molecular weight excluding hydrogens is 304 g/mol. The highest BCUT2D eigenvalue weighted by Crippen LogP contribution is 2.23. The molecule has 19 heavy (non-hydrogen) atoms. The molecule has 0 saturated heterocycles. The van der Waals surface area contributed by atoms with Gasteiger partial charge in [0.2, 0.25) is 0 Å². The standard InChI is InChI=1S/C15H11BrN2O/c1-9-4-2-3-5-11(9)14(19)13-8-18-15-12(13)6-10(16)7-17-15/h2-8H,1H3,(H,17,18). The van der Waals surface area contributed by atoms with Crippen molar-refractivity contribution in [1.82, 2.24) is 9.97 Å². The Balaban J connectivity index is 2.17. The molecule has 0 aliphatic carbocycles. The number of nitrogens with one attached hydrogen (secondary N) is 1. The van der Waals surface area contributed by atoms with E-state index in [-0.39, 0.29) is 5.78 Å². The lowest BCUT2D eigenvalue weighted by atomic mass is 9.99. The molecule has 0 spiro atoms. The van der Waals surface area contributed by atoms with Crippen molar-refractivity contribution in [3.05, 3.63) is 63.9 Å². The maximum atomic E-state index is 12.6. The summed E-state index contributed by atoms with van der Waals surface area (Å²) in [6, 6.07) is 9.51. The molecule has 1 N–H and O–H groups in total. The lowest BCUT2D eigenvalue weighted by Gasteiger charge is -2.03. The fourth-order valence-corrected chi connectivity index (χ4v) is 2.47. The number of rotatable bonds is 2. The van der Waals surface area contributed by atoms with E-state index in [1.807, 2.05) is 37.3 Å². The van der Waals surface area contributed by atoms with Crippen molar-refractivity contribution in [2.45, 2.75) is 6.92 Å². The normalized spacial score (nSPS) is 10.8. The van der Waals surface area contributed by atoms with Crippen LogP contribution >= 0.6 is 15.9 Å². The van der Waals surface area contributed by atoms with Gasteiger partial charge in [-0.15, -0.1) is 0 Å². The van der Waals surface area contributed by atoms with Gasteiger partial charge in [0.25, 0.3) is 0 Å². The van der Waals surface area contributed by atoms with Gasteiger partial charge in [-0.2, -0.15) is 0 Å². The second-order valence-corrected chi connectivity index (χ2v) is 5.31. The summed E-state index contributed by atoms with van der Waals surface area (Å²) >= 11 is 3.38. The summed E-state index contributed by atoms with van der Waals surface area (Å²) in [5, 5.41) is 0.836. The van der Waals surface area contributed by atoms with Crippen LogP contribution in [0.4, 0.5) is 0 Å². The van der Waals surface area contributed by atoms with E-state index >= 15 is 0 Å². The average Bonchev–Trinajstić information content (AvgIpc) is 2.81. The van der Waals surface area contributed by atoms with Crippen LogP contribution in [0.2, 0.25) is 0 Å². The Bertz CT molecular complexity index is 777. The van der Waals surface area contributed by atoms with E-state index in [0.29, 0.717) is 5.56 Å². The Kier molecular flexibility index (Phi) is 2.95. The van der Waals surface area contributed by atoms with Crippen molar-refractivity contribution in [2.24, 2.45) is 0 Å². The molecule has 3 aromatic rings. The summed E-state index contributed by atoms with van der Waals surface area (Å²) in [6.45, 7) is 1.94. The number of carbonyl (C=O) groups excluding carboxylic acids is 1. The number of hydrogen-bond donors (Lipinski definition) is 1. The van der Waals surface area contributed by atoms with E-state index in [0.717, 1.165) is 26.6 Å². The van der Waals surface area contributed by atoms with Crippen LogP contribution in [0.3, 0.4) is 0 Å². The first-order chi connectivity index (χ1) is 9.16. The van der Waals surface area contributed by atoms with E-state index in [9.17, 15) is 4.79 Å². The number of aromatic amines is 1. The highest BCUT2D eigenvalue weighted by atomic mass is 79.9. The Morgan fingerprint density at radius 3 is 2.84 bits per heavy atom. The second kappa shape index (κ2) is 4.63. The molecule has 0 radical (unpaired) electrons. The Labute approximate surface area is 118 Å². The summed E-state index contributed by atoms with van der Waals surface area (Å²) in [4.78, 5) is 19.9. The van der Waals surface area contributed by atoms with Gasteiger partial charge in [0.05, 0.1) is 0 Å². The number of halogens is 1. The second-order valence-electron chi connectivity index (χ2n) is 4.40. The molecular formula is C15H11BrN2O. The summed E-state index contributed by atoms with van der Waals surface area (Å²) in [5.41, 5.74) is 3.08. The Morgan fingerprint density at radius 1 is 1.26 bits per heavy atom. The van der Waals surface area contributed by atoms with E-state index in [1.165, 1.54) is 0 Å². The molecule has 4 heteroatoms. The molecule has 0 aliphatic rings. The van der Waals surface area contributed by atoms with Crippen LogP contribution in [0.15, 0.2) is 47.2 Å². The third-order valence-electron chi connectivity index (χ3n) is 3.13. The monoisotopic (exact) mass is 314 g/mol. The van der Waals surface area contributed by atoms with Gasteiger partial charge in [-0.3, -0.25) is 4.79 Å². The molecule has 3 rings (SSSR count). The van der Waals surface area contributed by atoms with Gasteiger partial charge >= 0.3 is 0 Å². The first-order valence-corrected chi connectivity index (χ1v) is 6.69. The zero-order valence-electron chi connectivity index (χ0n) is 10.3. The fraction of sp³-hybridized carbons (Fsp3) is 0.0667. The van der Waals surface area contributed by atoms with Crippen molar-refractivity contribution in [1.29, 1.82) is 0 Å². The molecule has 0 aliphatic heterocycles. The third-order valence-corrected chi connectivity index (χ3v) is 3.57. The third kappa shape index (κ3) is 2.08. The van der Waals surface area contributed by atoms with E-state index in [2.05, 4.69) is 25.9 Å². The Morgan fingerprint density at radius 2 is 2.05 bits per heavy atom. The van der Waals surface area contributed by atoms with Gasteiger partial charge in [-0.25, -0.2) is 4.98 Å². The van der Waals surface area contributed by atoms with Crippen LogP contribution in [-0.4, -0.2) is 15.8 Å². The molecule has 0 fully saturated rings. The van der Waals surface area contributed by atoms with Crippen LogP contribution < -0.4 is 0 Å². The van der Waals surface area contributed by atoms with Gasteiger partial charge in [-0.05, 0) is 34.5 Å². The molecule has 0 saturated carbocycles. The highest BCUT2D eigenvalue weighted by Gasteiger charge is 2.16. The van der Waals surface area contributed by atoms with Gasteiger partial charge in [0, 0.05) is 33.4 Å². The molecule has 0 bridgehead atoms. The summed E-state index contributed by atoms with van der Waals surface area (Å²) in [5.74, 6) is 0.0178. The van der Waals surface area contributed by atoms with Crippen molar-refractivity contribution in [3.8, 4) is 0 Å². The predicted octanol–water partition coefficient (Wildman–Crippen LogP) is 3.86. The number of H-pyrrole nitrogens is 1. The molecule has 3 nitrogen and oxygen atoms in total. The molecule has 2 aromatic heterocycles. The van der Waals surface area contributed by atoms with Crippen molar-refractivity contribution >= 4 is 32.7 Å². The average molecular weight is 315 g/mol. The smallest absolute Gasteiger partial charge is 0.195 e. The first-order valence-electron chi connectivity index (χ1n) is 5.90. The summed E-state index contributed by atoms with van der Waals surface area (Å²) in [6.07, 6.45) is 3.43. The summed E-state index contributed by atoms with van der Waals surface area (Å²) in [7, 11) is 0. The van der Waals surface area contributed by atoms with Crippen LogP contribution in [0.25, 0.3) is 11.0 Å². The zero-order chi connectivity index (χ0) is 13.4. The number of hydrogen-bond acceptors (Lipinski definition) is 2. The number of fused-ring (bicyclic) bond motifs is 1. The van der Waals surface area contributed by atoms with Gasteiger partial charge in [-0.1, -0.05) is 24.3 Å². The van der Waals surface area contributed by atoms with E-state index in [1.54, 1.807) is 12.4 Å². The Hall–Kier alpha value is -1.94. The molecule has 2 heterocycles. The van der Waals surface area contributed by atoms with Gasteiger partial charge in [0.1, 0.15) is 5.65 Å². The minimum Gasteiger partial charge on any atom is -0.345 e. The number of nitrogens with zero attached hydrogens (tertiary/aromatic N) is 1. The zero-order valence-corrected chi connectivity index (χ0v) is 11.9. The lowest BCUT2D eigenvalue weighted by molar-refractivity contribution is 0.104. The van der Waals surface area contributed by atoms with Gasteiger partial charge < -0.3 is 4.98 Å². The number of ketones is 1. The van der Waals surface area contributed by atoms with Crippen molar-refractivity contribution in [2.75, 3.05) is 0 Å². The SMILES string of the molecule is Cc1ccccc1C(=O)c1c[nH]c2ncc(Br)cc12. The maximum absolute atomic E-state index is 12.6. The molecule has 1 aromatic carbocycles. The van der Waals surface area contributed by atoms with Crippen LogP contribution in [-0.2, 0) is 0 Å². The minimum atomic E-state index is 0.0178. The minimum absolute atomic E-state index is 0.0178. The highest BCUT2D eigenvalue weighted by molar-refractivity contribution is 9.10. The fourth-order valence-electron chi connectivity index (χ4n) is 2.14. The maximum Gasteiger partial charge on any atom is 0.195 e. The van der Waals surface area contributed by atoms with Crippen LogP contribution in [0.5, 0.6) is 0 Å². The number of benzene rings is 1. The lowest BCUT2D eigenvalue weighted by Crippen LogP contribution is -2.02. The number of aromatic nitrogens is 2. The molecule has 0 unspecified atom stereocenters. The number of pyridine rings is 1. The van der Waals surface area contributed by atoms with E-state index < -0.39 is 0 Å². The molecule has 94 valence electrons. The molecule has 0 amide bonds. The quantitative estimate of drug-likeness (QED) is 0.730.